The summed E-state index contributed by atoms with van der Waals surface area (Å²) in [5, 5.41) is 2.82. The third kappa shape index (κ3) is 2.76. The number of hydrogen-bond acceptors (Lipinski definition) is 2. The van der Waals surface area contributed by atoms with Gasteiger partial charge in [0, 0.05) is 16.2 Å². The molecular weight excluding hydrogens is 292 g/mol. The van der Waals surface area contributed by atoms with E-state index in [1.165, 1.54) is 0 Å². The molecule has 2 aromatic rings. The third-order valence-electron chi connectivity index (χ3n) is 2.69. The molecule has 0 aliphatic heterocycles. The average molecular weight is 305 g/mol. The predicted molar refractivity (Wildman–Crippen MR) is 75.8 cm³/mol. The fraction of sp³-hybridized carbons (Fsp3) is 0.143. The molecule has 92 valence electrons. The van der Waals surface area contributed by atoms with Crippen molar-refractivity contribution in [1.82, 2.24) is 4.98 Å². The normalized spacial score (nSPS) is 10.2. The van der Waals surface area contributed by atoms with E-state index in [0.29, 0.717) is 11.4 Å². The maximum Gasteiger partial charge on any atom is 0.257 e. The summed E-state index contributed by atoms with van der Waals surface area (Å²) in [6.45, 7) is 3.82. The van der Waals surface area contributed by atoms with Crippen LogP contribution in [0.3, 0.4) is 0 Å². The van der Waals surface area contributed by atoms with E-state index >= 15 is 0 Å². The van der Waals surface area contributed by atoms with E-state index in [9.17, 15) is 4.79 Å². The summed E-state index contributed by atoms with van der Waals surface area (Å²) in [6.07, 6.45) is 1.66. The smallest absolute Gasteiger partial charge is 0.257 e. The fourth-order valence-corrected chi connectivity index (χ4v) is 1.99. The molecular formula is C14H13BrN2O. The fourth-order valence-electron chi connectivity index (χ4n) is 1.63. The van der Waals surface area contributed by atoms with Crippen LogP contribution in [-0.2, 0) is 0 Å². The number of halogens is 1. The van der Waals surface area contributed by atoms with E-state index in [2.05, 4.69) is 26.2 Å². The summed E-state index contributed by atoms with van der Waals surface area (Å²) in [6, 6.07) is 9.39. The van der Waals surface area contributed by atoms with Gasteiger partial charge in [-0.15, -0.1) is 0 Å². The summed E-state index contributed by atoms with van der Waals surface area (Å²) in [4.78, 5) is 16.3. The van der Waals surface area contributed by atoms with Gasteiger partial charge >= 0.3 is 0 Å². The first-order valence-electron chi connectivity index (χ1n) is 5.57. The number of hydrogen-bond donors (Lipinski definition) is 1. The Morgan fingerprint density at radius 2 is 2.00 bits per heavy atom. The molecule has 2 rings (SSSR count). The maximum absolute atomic E-state index is 12.2. The van der Waals surface area contributed by atoms with Crippen LogP contribution in [-0.4, -0.2) is 10.9 Å². The molecule has 0 saturated carbocycles. The van der Waals surface area contributed by atoms with Gasteiger partial charge in [0.2, 0.25) is 0 Å². The third-order valence-corrected chi connectivity index (χ3v) is 3.18. The predicted octanol–water partition coefficient (Wildman–Crippen LogP) is 3.71. The van der Waals surface area contributed by atoms with Crippen LogP contribution in [0.5, 0.6) is 0 Å². The number of anilines is 1. The Morgan fingerprint density at radius 1 is 1.22 bits per heavy atom. The number of carbonyl (C=O) groups excluding carboxylic acids is 1. The van der Waals surface area contributed by atoms with Gasteiger partial charge in [-0.1, -0.05) is 28.1 Å². The van der Waals surface area contributed by atoms with Crippen molar-refractivity contribution >= 4 is 27.7 Å². The standard InChI is InChI=1S/C14H13BrN2O/c1-9-5-6-11(15)8-12(9)14(18)17-13-10(2)4-3-7-16-13/h3-8H,1-2H3,(H,16,17,18). The zero-order chi connectivity index (χ0) is 13.1. The first-order chi connectivity index (χ1) is 8.58. The number of pyridine rings is 1. The molecule has 0 radical (unpaired) electrons. The van der Waals surface area contributed by atoms with Crippen molar-refractivity contribution in [3.8, 4) is 0 Å². The molecule has 0 aliphatic carbocycles. The van der Waals surface area contributed by atoms with Gasteiger partial charge in [-0.05, 0) is 43.2 Å². The second-order valence-electron chi connectivity index (χ2n) is 4.08. The van der Waals surface area contributed by atoms with Gasteiger partial charge in [0.05, 0.1) is 0 Å². The van der Waals surface area contributed by atoms with Crippen molar-refractivity contribution in [2.24, 2.45) is 0 Å². The summed E-state index contributed by atoms with van der Waals surface area (Å²) >= 11 is 3.37. The molecule has 0 fully saturated rings. The molecule has 1 heterocycles. The number of nitrogens with one attached hydrogen (secondary N) is 1. The Labute approximate surface area is 114 Å². The Balaban J connectivity index is 2.28. The zero-order valence-electron chi connectivity index (χ0n) is 10.2. The lowest BCUT2D eigenvalue weighted by molar-refractivity contribution is 0.102. The average Bonchev–Trinajstić information content (AvgIpc) is 2.35. The van der Waals surface area contributed by atoms with Crippen LogP contribution in [0.4, 0.5) is 5.82 Å². The SMILES string of the molecule is Cc1ccc(Br)cc1C(=O)Nc1ncccc1C. The molecule has 18 heavy (non-hydrogen) atoms. The lowest BCUT2D eigenvalue weighted by Crippen LogP contribution is -2.15. The quantitative estimate of drug-likeness (QED) is 0.919. The molecule has 1 aromatic carbocycles. The Kier molecular flexibility index (Phi) is 3.77. The second-order valence-corrected chi connectivity index (χ2v) is 5.00. The molecule has 4 heteroatoms. The van der Waals surface area contributed by atoms with E-state index in [4.69, 9.17) is 0 Å². The minimum absolute atomic E-state index is 0.143. The highest BCUT2D eigenvalue weighted by molar-refractivity contribution is 9.10. The lowest BCUT2D eigenvalue weighted by atomic mass is 10.1. The van der Waals surface area contributed by atoms with Gasteiger partial charge in [0.1, 0.15) is 5.82 Å². The van der Waals surface area contributed by atoms with Crippen molar-refractivity contribution in [3.05, 3.63) is 57.7 Å². The van der Waals surface area contributed by atoms with Crippen molar-refractivity contribution in [2.75, 3.05) is 5.32 Å². The maximum atomic E-state index is 12.2. The summed E-state index contributed by atoms with van der Waals surface area (Å²) < 4.78 is 0.885. The lowest BCUT2D eigenvalue weighted by Gasteiger charge is -2.09. The van der Waals surface area contributed by atoms with Crippen LogP contribution in [0.1, 0.15) is 21.5 Å². The highest BCUT2D eigenvalue weighted by Crippen LogP contribution is 2.18. The minimum atomic E-state index is -0.143. The van der Waals surface area contributed by atoms with E-state index < -0.39 is 0 Å². The van der Waals surface area contributed by atoms with Crippen LogP contribution >= 0.6 is 15.9 Å². The molecule has 1 aromatic heterocycles. The monoisotopic (exact) mass is 304 g/mol. The number of aromatic nitrogens is 1. The van der Waals surface area contributed by atoms with Gasteiger partial charge in [-0.2, -0.15) is 0 Å². The van der Waals surface area contributed by atoms with Crippen LogP contribution in [0.2, 0.25) is 0 Å². The topological polar surface area (TPSA) is 42.0 Å². The first kappa shape index (κ1) is 12.8. The summed E-state index contributed by atoms with van der Waals surface area (Å²) in [5.41, 5.74) is 2.53. The molecule has 0 aliphatic rings. The van der Waals surface area contributed by atoms with Gasteiger partial charge in [-0.3, -0.25) is 4.79 Å². The van der Waals surface area contributed by atoms with E-state index in [1.807, 2.05) is 44.2 Å². The zero-order valence-corrected chi connectivity index (χ0v) is 11.8. The van der Waals surface area contributed by atoms with E-state index in [1.54, 1.807) is 6.20 Å². The number of amides is 1. The first-order valence-corrected chi connectivity index (χ1v) is 6.36. The van der Waals surface area contributed by atoms with Gasteiger partial charge in [0.15, 0.2) is 0 Å². The second kappa shape index (κ2) is 5.31. The van der Waals surface area contributed by atoms with Gasteiger partial charge in [-0.25, -0.2) is 4.98 Å². The molecule has 0 unspecified atom stereocenters. The Morgan fingerprint density at radius 3 is 2.72 bits per heavy atom. The van der Waals surface area contributed by atoms with Crippen LogP contribution < -0.4 is 5.32 Å². The Hall–Kier alpha value is -1.68. The highest BCUT2D eigenvalue weighted by Gasteiger charge is 2.11. The minimum Gasteiger partial charge on any atom is -0.306 e. The molecule has 0 saturated heterocycles. The van der Waals surface area contributed by atoms with E-state index in [-0.39, 0.29) is 5.91 Å². The summed E-state index contributed by atoms with van der Waals surface area (Å²) in [5.74, 6) is 0.456. The van der Waals surface area contributed by atoms with Crippen molar-refractivity contribution in [2.45, 2.75) is 13.8 Å². The van der Waals surface area contributed by atoms with Gasteiger partial charge < -0.3 is 5.32 Å². The highest BCUT2D eigenvalue weighted by atomic mass is 79.9. The molecule has 1 N–H and O–H groups in total. The van der Waals surface area contributed by atoms with Crippen molar-refractivity contribution in [1.29, 1.82) is 0 Å². The largest absolute Gasteiger partial charge is 0.306 e. The molecule has 3 nitrogen and oxygen atoms in total. The van der Waals surface area contributed by atoms with Crippen LogP contribution in [0.25, 0.3) is 0 Å². The van der Waals surface area contributed by atoms with Crippen molar-refractivity contribution < 1.29 is 4.79 Å². The summed E-state index contributed by atoms with van der Waals surface area (Å²) in [7, 11) is 0. The molecule has 1 amide bonds. The number of carbonyl (C=O) groups is 1. The van der Waals surface area contributed by atoms with Crippen LogP contribution in [0, 0.1) is 13.8 Å². The van der Waals surface area contributed by atoms with Crippen LogP contribution in [0.15, 0.2) is 41.0 Å². The number of benzene rings is 1. The van der Waals surface area contributed by atoms with E-state index in [0.717, 1.165) is 15.6 Å². The number of aryl methyl sites for hydroxylation is 2. The van der Waals surface area contributed by atoms with Crippen molar-refractivity contribution in [3.63, 3.8) is 0 Å². The molecule has 0 spiro atoms. The number of rotatable bonds is 2. The number of nitrogens with zero attached hydrogens (tertiary/aromatic N) is 1. The van der Waals surface area contributed by atoms with Gasteiger partial charge in [0.25, 0.3) is 5.91 Å². The molecule has 0 atom stereocenters. The Bertz CT molecular complexity index is 596. The molecule has 0 bridgehead atoms.